The van der Waals surface area contributed by atoms with Gasteiger partial charge in [-0.1, -0.05) is 36.7 Å². The van der Waals surface area contributed by atoms with Gasteiger partial charge in [0.2, 0.25) is 5.89 Å². The Kier molecular flexibility index (Phi) is 5.61. The topological polar surface area (TPSA) is 90.4 Å². The number of furan rings is 1. The van der Waals surface area contributed by atoms with Crippen LogP contribution in [0.2, 0.25) is 0 Å². The van der Waals surface area contributed by atoms with Crippen molar-refractivity contribution in [2.45, 2.75) is 59.1 Å². The largest absolute Gasteiger partial charge is 0.485 e. The van der Waals surface area contributed by atoms with Crippen molar-refractivity contribution in [1.82, 2.24) is 15.5 Å². The van der Waals surface area contributed by atoms with Gasteiger partial charge >= 0.3 is 0 Å². The molecule has 0 spiro atoms. The number of hydrogen-bond acceptors (Lipinski definition) is 6. The third-order valence-electron chi connectivity index (χ3n) is 5.21. The number of aromatic nitrogens is 2. The number of carbonyl (C=O) groups excluding carboxylic acids is 1. The van der Waals surface area contributed by atoms with Crippen molar-refractivity contribution in [2.24, 2.45) is 5.92 Å². The van der Waals surface area contributed by atoms with Crippen LogP contribution >= 0.6 is 0 Å². The highest BCUT2D eigenvalue weighted by Gasteiger charge is 2.32. The summed E-state index contributed by atoms with van der Waals surface area (Å²) in [4.78, 5) is 17.2. The Morgan fingerprint density at radius 1 is 1.23 bits per heavy atom. The predicted molar refractivity (Wildman–Crippen MR) is 110 cm³/mol. The SMILES string of the molecule is Cc1ccc(OCc2ccc(C(=O)NC(c3nc(C4CC4)no3)C(C)C)o2)c(C)c1. The van der Waals surface area contributed by atoms with Gasteiger partial charge in [-0.3, -0.25) is 4.79 Å². The van der Waals surface area contributed by atoms with Gasteiger partial charge in [-0.25, -0.2) is 0 Å². The molecule has 7 nitrogen and oxygen atoms in total. The van der Waals surface area contributed by atoms with E-state index in [9.17, 15) is 4.79 Å². The highest BCUT2D eigenvalue weighted by Crippen LogP contribution is 2.38. The fraction of sp³-hybridized carbons (Fsp3) is 0.435. The molecule has 1 atom stereocenters. The van der Waals surface area contributed by atoms with Crippen molar-refractivity contribution in [3.63, 3.8) is 0 Å². The average Bonchev–Trinajstić information content (AvgIpc) is 3.24. The Labute approximate surface area is 175 Å². The van der Waals surface area contributed by atoms with Crippen molar-refractivity contribution in [1.29, 1.82) is 0 Å². The zero-order valence-electron chi connectivity index (χ0n) is 17.8. The molecular weight excluding hydrogens is 382 g/mol. The van der Waals surface area contributed by atoms with Gasteiger partial charge in [-0.2, -0.15) is 4.98 Å². The molecule has 1 aromatic carbocycles. The summed E-state index contributed by atoms with van der Waals surface area (Å²) < 4.78 is 16.9. The van der Waals surface area contributed by atoms with Crippen molar-refractivity contribution in [3.8, 4) is 5.75 Å². The highest BCUT2D eigenvalue weighted by atomic mass is 16.5. The number of aryl methyl sites for hydroxylation is 2. The number of nitrogens with zero attached hydrogens (tertiary/aromatic N) is 2. The van der Waals surface area contributed by atoms with Crippen LogP contribution in [0.25, 0.3) is 0 Å². The lowest BCUT2D eigenvalue weighted by Gasteiger charge is -2.17. The molecule has 0 aliphatic heterocycles. The van der Waals surface area contributed by atoms with Crippen LogP contribution in [-0.4, -0.2) is 16.0 Å². The first-order chi connectivity index (χ1) is 14.4. The summed E-state index contributed by atoms with van der Waals surface area (Å²) in [6, 6.07) is 9.03. The minimum Gasteiger partial charge on any atom is -0.485 e. The summed E-state index contributed by atoms with van der Waals surface area (Å²) in [7, 11) is 0. The van der Waals surface area contributed by atoms with Gasteiger partial charge in [-0.05, 0) is 56.4 Å². The molecule has 158 valence electrons. The molecule has 0 radical (unpaired) electrons. The van der Waals surface area contributed by atoms with Crippen LogP contribution < -0.4 is 10.1 Å². The van der Waals surface area contributed by atoms with E-state index >= 15 is 0 Å². The van der Waals surface area contributed by atoms with Gasteiger partial charge in [0.05, 0.1) is 0 Å². The van der Waals surface area contributed by atoms with Crippen LogP contribution in [0.3, 0.4) is 0 Å². The summed E-state index contributed by atoms with van der Waals surface area (Å²) in [5.41, 5.74) is 2.24. The lowest BCUT2D eigenvalue weighted by molar-refractivity contribution is 0.0881. The molecule has 0 bridgehead atoms. The average molecular weight is 409 g/mol. The first kappa shape index (κ1) is 20.2. The monoisotopic (exact) mass is 409 g/mol. The summed E-state index contributed by atoms with van der Waals surface area (Å²) in [5.74, 6) is 2.93. The molecule has 3 aromatic rings. The van der Waals surface area contributed by atoms with E-state index in [1.807, 2.05) is 39.8 Å². The maximum Gasteiger partial charge on any atom is 0.287 e. The molecule has 30 heavy (non-hydrogen) atoms. The number of amides is 1. The zero-order chi connectivity index (χ0) is 21.3. The molecule has 1 amide bonds. The number of nitrogens with one attached hydrogen (secondary N) is 1. The van der Waals surface area contributed by atoms with E-state index in [4.69, 9.17) is 13.7 Å². The maximum atomic E-state index is 12.7. The summed E-state index contributed by atoms with van der Waals surface area (Å²) in [6.45, 7) is 8.29. The van der Waals surface area contributed by atoms with E-state index in [0.29, 0.717) is 17.6 Å². The molecule has 2 aromatic heterocycles. The smallest absolute Gasteiger partial charge is 0.287 e. The zero-order valence-corrected chi connectivity index (χ0v) is 17.8. The number of benzene rings is 1. The van der Waals surface area contributed by atoms with E-state index in [-0.39, 0.29) is 30.2 Å². The van der Waals surface area contributed by atoms with Gasteiger partial charge in [0, 0.05) is 5.92 Å². The fourth-order valence-corrected chi connectivity index (χ4v) is 3.29. The van der Waals surface area contributed by atoms with E-state index in [1.54, 1.807) is 12.1 Å². The van der Waals surface area contributed by atoms with Gasteiger partial charge in [-0.15, -0.1) is 0 Å². The second-order valence-corrected chi connectivity index (χ2v) is 8.28. The van der Waals surface area contributed by atoms with E-state index in [1.165, 1.54) is 5.56 Å². The van der Waals surface area contributed by atoms with Crippen molar-refractivity contribution in [3.05, 3.63) is 64.7 Å². The quantitative estimate of drug-likeness (QED) is 0.571. The summed E-state index contributed by atoms with van der Waals surface area (Å²) >= 11 is 0. The van der Waals surface area contributed by atoms with E-state index < -0.39 is 0 Å². The second kappa shape index (κ2) is 8.34. The third-order valence-corrected chi connectivity index (χ3v) is 5.21. The van der Waals surface area contributed by atoms with E-state index in [0.717, 1.165) is 30.0 Å². The highest BCUT2D eigenvalue weighted by molar-refractivity contribution is 5.91. The third kappa shape index (κ3) is 4.56. The van der Waals surface area contributed by atoms with Crippen LogP contribution in [0.15, 0.2) is 39.3 Å². The normalized spacial score (nSPS) is 14.7. The van der Waals surface area contributed by atoms with Crippen molar-refractivity contribution >= 4 is 5.91 Å². The first-order valence-electron chi connectivity index (χ1n) is 10.3. The summed E-state index contributed by atoms with van der Waals surface area (Å²) in [5, 5.41) is 7.01. The van der Waals surface area contributed by atoms with Gasteiger partial charge < -0.3 is 19.0 Å². The molecule has 7 heteroatoms. The molecule has 4 rings (SSSR count). The fourth-order valence-electron chi connectivity index (χ4n) is 3.29. The summed E-state index contributed by atoms with van der Waals surface area (Å²) in [6.07, 6.45) is 2.19. The number of hydrogen-bond donors (Lipinski definition) is 1. The molecule has 1 saturated carbocycles. The molecule has 1 fully saturated rings. The minimum atomic E-state index is -0.377. The molecular formula is C23H27N3O4. The Morgan fingerprint density at radius 3 is 2.73 bits per heavy atom. The molecule has 1 N–H and O–H groups in total. The number of ether oxygens (including phenoxy) is 1. The lowest BCUT2D eigenvalue weighted by atomic mass is 10.0. The van der Waals surface area contributed by atoms with E-state index in [2.05, 4.69) is 21.5 Å². The molecule has 1 aliphatic rings. The van der Waals surface area contributed by atoms with Crippen molar-refractivity contribution in [2.75, 3.05) is 0 Å². The van der Waals surface area contributed by atoms with Crippen LogP contribution in [-0.2, 0) is 6.61 Å². The molecule has 1 unspecified atom stereocenters. The van der Waals surface area contributed by atoms with Gasteiger partial charge in [0.25, 0.3) is 5.91 Å². The van der Waals surface area contributed by atoms with Crippen LogP contribution in [0.4, 0.5) is 0 Å². The Balaban J connectivity index is 1.39. The Hall–Kier alpha value is -3.09. The minimum absolute atomic E-state index is 0.0868. The second-order valence-electron chi connectivity index (χ2n) is 8.28. The van der Waals surface area contributed by atoms with Crippen LogP contribution in [0.1, 0.15) is 77.8 Å². The number of carbonyl (C=O) groups is 1. The molecule has 1 aliphatic carbocycles. The van der Waals surface area contributed by atoms with Gasteiger partial charge in [0.1, 0.15) is 24.2 Å². The Bertz CT molecular complexity index is 1030. The molecule has 0 saturated heterocycles. The lowest BCUT2D eigenvalue weighted by Crippen LogP contribution is -2.31. The number of rotatable bonds is 8. The van der Waals surface area contributed by atoms with Crippen LogP contribution in [0, 0.1) is 19.8 Å². The standard InChI is InChI=1S/C23H27N3O4/c1-13(2)20(23-25-21(26-30-23)16-6-7-16)24-22(27)19-10-8-17(29-19)12-28-18-9-5-14(3)11-15(18)4/h5,8-11,13,16,20H,6-7,12H2,1-4H3,(H,24,27). The first-order valence-corrected chi connectivity index (χ1v) is 10.3. The van der Waals surface area contributed by atoms with Crippen molar-refractivity contribution < 1.29 is 18.5 Å². The van der Waals surface area contributed by atoms with Gasteiger partial charge in [0.15, 0.2) is 11.6 Å². The molecule has 2 heterocycles. The predicted octanol–water partition coefficient (Wildman–Crippen LogP) is 4.86. The van der Waals surface area contributed by atoms with Crippen LogP contribution in [0.5, 0.6) is 5.75 Å². The Morgan fingerprint density at radius 2 is 2.03 bits per heavy atom. The maximum absolute atomic E-state index is 12.7.